The molecule has 0 atom stereocenters. The van der Waals surface area contributed by atoms with Crippen molar-refractivity contribution >= 4 is 0 Å². The predicted molar refractivity (Wildman–Crippen MR) is 48.6 cm³/mol. The lowest BCUT2D eigenvalue weighted by atomic mass is 9.89. The molecule has 1 fully saturated rings. The summed E-state index contributed by atoms with van der Waals surface area (Å²) in [5, 5.41) is 3.21. The Kier molecular flexibility index (Phi) is 5.29. The van der Waals surface area contributed by atoms with E-state index in [1.54, 1.807) is 7.11 Å². The molecule has 0 unspecified atom stereocenters. The first kappa shape index (κ1) is 11.8. The molecule has 0 spiro atoms. The van der Waals surface area contributed by atoms with Crippen molar-refractivity contribution in [1.82, 2.24) is 5.32 Å². The first-order valence-electron chi connectivity index (χ1n) is 4.84. The fourth-order valence-electron chi connectivity index (χ4n) is 1.43. The second-order valence-corrected chi connectivity index (χ2v) is 3.45. The van der Waals surface area contributed by atoms with Gasteiger partial charge in [0.1, 0.15) is 6.61 Å². The Morgan fingerprint density at radius 2 is 2.14 bits per heavy atom. The second kappa shape index (κ2) is 6.27. The molecule has 0 aromatic heterocycles. The van der Waals surface area contributed by atoms with Crippen LogP contribution >= 0.6 is 0 Å². The molecule has 5 heteroatoms. The third-order valence-corrected chi connectivity index (χ3v) is 2.35. The normalized spacial score (nSPS) is 26.6. The van der Waals surface area contributed by atoms with E-state index in [-0.39, 0.29) is 0 Å². The highest BCUT2D eigenvalue weighted by atomic mass is 19.3. The van der Waals surface area contributed by atoms with Crippen molar-refractivity contribution < 1.29 is 18.3 Å². The Balaban J connectivity index is 1.81. The Morgan fingerprint density at radius 3 is 2.71 bits per heavy atom. The molecule has 1 rings (SSSR count). The van der Waals surface area contributed by atoms with Gasteiger partial charge in [0.05, 0.1) is 12.7 Å². The van der Waals surface area contributed by atoms with Crippen LogP contribution in [0.2, 0.25) is 0 Å². The van der Waals surface area contributed by atoms with Gasteiger partial charge in [0, 0.05) is 19.7 Å². The van der Waals surface area contributed by atoms with Gasteiger partial charge in [0.15, 0.2) is 0 Å². The third kappa shape index (κ3) is 4.30. The van der Waals surface area contributed by atoms with Crippen molar-refractivity contribution in [2.45, 2.75) is 31.4 Å². The molecule has 0 aliphatic heterocycles. The average molecular weight is 209 g/mol. The SMILES string of the molecule is COC1CC(NCCOCC(F)F)C1. The molecule has 0 radical (unpaired) electrons. The van der Waals surface area contributed by atoms with Gasteiger partial charge in [-0.1, -0.05) is 0 Å². The molecule has 84 valence electrons. The van der Waals surface area contributed by atoms with Gasteiger partial charge in [0.2, 0.25) is 0 Å². The van der Waals surface area contributed by atoms with Crippen LogP contribution in [0.5, 0.6) is 0 Å². The number of methoxy groups -OCH3 is 1. The number of halogens is 2. The zero-order valence-electron chi connectivity index (χ0n) is 8.34. The summed E-state index contributed by atoms with van der Waals surface area (Å²) in [5.41, 5.74) is 0. The highest BCUT2D eigenvalue weighted by molar-refractivity contribution is 4.85. The number of rotatable bonds is 7. The highest BCUT2D eigenvalue weighted by Gasteiger charge is 2.27. The van der Waals surface area contributed by atoms with Gasteiger partial charge in [0.25, 0.3) is 6.43 Å². The molecule has 14 heavy (non-hydrogen) atoms. The number of hydrogen-bond donors (Lipinski definition) is 1. The minimum absolute atomic E-state index is 0.346. The van der Waals surface area contributed by atoms with Crippen LogP contribution in [0.3, 0.4) is 0 Å². The molecule has 0 heterocycles. The van der Waals surface area contributed by atoms with Crippen molar-refractivity contribution in [3.63, 3.8) is 0 Å². The summed E-state index contributed by atoms with van der Waals surface area (Å²) < 4.78 is 33.1. The van der Waals surface area contributed by atoms with E-state index in [0.717, 1.165) is 12.8 Å². The van der Waals surface area contributed by atoms with Crippen molar-refractivity contribution in [3.8, 4) is 0 Å². The van der Waals surface area contributed by atoms with E-state index in [1.165, 1.54) is 0 Å². The minimum atomic E-state index is -2.36. The number of hydrogen-bond acceptors (Lipinski definition) is 3. The average Bonchev–Trinajstić information content (AvgIpc) is 2.07. The maximum absolute atomic E-state index is 11.6. The topological polar surface area (TPSA) is 30.5 Å². The summed E-state index contributed by atoms with van der Waals surface area (Å²) in [6.07, 6.45) is 0.0162. The lowest BCUT2D eigenvalue weighted by molar-refractivity contribution is 0.00426. The van der Waals surface area contributed by atoms with Gasteiger partial charge >= 0.3 is 0 Å². The van der Waals surface area contributed by atoms with E-state index in [0.29, 0.717) is 25.3 Å². The largest absolute Gasteiger partial charge is 0.381 e. The molecule has 1 aliphatic carbocycles. The molecule has 1 N–H and O–H groups in total. The molecule has 1 saturated carbocycles. The summed E-state index contributed by atoms with van der Waals surface area (Å²) in [5.74, 6) is 0. The van der Waals surface area contributed by atoms with Crippen LogP contribution in [0.25, 0.3) is 0 Å². The predicted octanol–water partition coefficient (Wildman–Crippen LogP) is 1.04. The summed E-state index contributed by atoms with van der Waals surface area (Å²) >= 11 is 0. The Hall–Kier alpha value is -0.260. The molecule has 1 aliphatic rings. The molecular formula is C9H17F2NO2. The minimum Gasteiger partial charge on any atom is -0.381 e. The Bertz CT molecular complexity index is 152. The fourth-order valence-corrected chi connectivity index (χ4v) is 1.43. The van der Waals surface area contributed by atoms with Gasteiger partial charge in [-0.25, -0.2) is 8.78 Å². The van der Waals surface area contributed by atoms with Crippen molar-refractivity contribution in [1.29, 1.82) is 0 Å². The lowest BCUT2D eigenvalue weighted by Gasteiger charge is -2.34. The lowest BCUT2D eigenvalue weighted by Crippen LogP contribution is -2.46. The van der Waals surface area contributed by atoms with E-state index in [2.05, 4.69) is 5.32 Å². The van der Waals surface area contributed by atoms with Gasteiger partial charge in [-0.05, 0) is 12.8 Å². The Labute approximate surface area is 82.8 Å². The van der Waals surface area contributed by atoms with E-state index in [4.69, 9.17) is 9.47 Å². The third-order valence-electron chi connectivity index (χ3n) is 2.35. The zero-order valence-corrected chi connectivity index (χ0v) is 8.34. The van der Waals surface area contributed by atoms with Crippen LogP contribution in [-0.2, 0) is 9.47 Å². The maximum Gasteiger partial charge on any atom is 0.261 e. The second-order valence-electron chi connectivity index (χ2n) is 3.45. The summed E-state index contributed by atoms with van der Waals surface area (Å²) in [4.78, 5) is 0. The fraction of sp³-hybridized carbons (Fsp3) is 1.00. The molecule has 3 nitrogen and oxygen atoms in total. The van der Waals surface area contributed by atoms with Gasteiger partial charge in [-0.15, -0.1) is 0 Å². The van der Waals surface area contributed by atoms with Crippen LogP contribution in [0.4, 0.5) is 8.78 Å². The van der Waals surface area contributed by atoms with Gasteiger partial charge < -0.3 is 14.8 Å². The van der Waals surface area contributed by atoms with Crippen LogP contribution in [0, 0.1) is 0 Å². The molecule has 0 aromatic rings. The van der Waals surface area contributed by atoms with Crippen LogP contribution < -0.4 is 5.32 Å². The van der Waals surface area contributed by atoms with E-state index < -0.39 is 13.0 Å². The Morgan fingerprint density at radius 1 is 1.43 bits per heavy atom. The molecule has 0 aromatic carbocycles. The number of alkyl halides is 2. The highest BCUT2D eigenvalue weighted by Crippen LogP contribution is 2.21. The van der Waals surface area contributed by atoms with Crippen molar-refractivity contribution in [2.24, 2.45) is 0 Å². The number of nitrogens with one attached hydrogen (secondary N) is 1. The van der Waals surface area contributed by atoms with Crippen molar-refractivity contribution in [3.05, 3.63) is 0 Å². The zero-order chi connectivity index (χ0) is 10.4. The van der Waals surface area contributed by atoms with E-state index in [9.17, 15) is 8.78 Å². The quantitative estimate of drug-likeness (QED) is 0.635. The van der Waals surface area contributed by atoms with Crippen molar-refractivity contribution in [2.75, 3.05) is 26.9 Å². The summed E-state index contributed by atoms with van der Waals surface area (Å²) in [7, 11) is 1.70. The van der Waals surface area contributed by atoms with Crippen LogP contribution in [0.1, 0.15) is 12.8 Å². The van der Waals surface area contributed by atoms with Gasteiger partial charge in [-0.3, -0.25) is 0 Å². The first-order valence-corrected chi connectivity index (χ1v) is 4.84. The smallest absolute Gasteiger partial charge is 0.261 e. The van der Waals surface area contributed by atoms with Crippen LogP contribution in [-0.4, -0.2) is 45.4 Å². The molecule has 0 saturated heterocycles. The number of ether oxygens (including phenoxy) is 2. The van der Waals surface area contributed by atoms with E-state index >= 15 is 0 Å². The van der Waals surface area contributed by atoms with Crippen LogP contribution in [0.15, 0.2) is 0 Å². The molecular weight excluding hydrogens is 192 g/mol. The maximum atomic E-state index is 11.6. The summed E-state index contributed by atoms with van der Waals surface area (Å²) in [6, 6.07) is 0.468. The van der Waals surface area contributed by atoms with Gasteiger partial charge in [-0.2, -0.15) is 0 Å². The van der Waals surface area contributed by atoms with E-state index in [1.807, 2.05) is 0 Å². The molecule has 0 bridgehead atoms. The molecule has 0 amide bonds. The standard InChI is InChI=1S/C9H17F2NO2/c1-13-8-4-7(5-8)12-2-3-14-6-9(10)11/h7-9,12H,2-6H2,1H3. The first-order chi connectivity index (χ1) is 6.72. The summed E-state index contributed by atoms with van der Waals surface area (Å²) in [6.45, 7) is 0.513. The monoisotopic (exact) mass is 209 g/mol.